The topological polar surface area (TPSA) is 75.7 Å². The fraction of sp³-hybridized carbons (Fsp3) is 0.458. The highest BCUT2D eigenvalue weighted by atomic mass is 35.5. The number of halogens is 2. The third-order valence-corrected chi connectivity index (χ3v) is 8.00. The van der Waals surface area contributed by atoms with Crippen LogP contribution in [0.1, 0.15) is 58.1 Å². The molecule has 1 heterocycles. The molecule has 0 aromatic heterocycles. The molecule has 2 aromatic carbocycles. The Morgan fingerprint density at radius 3 is 2.45 bits per heavy atom. The number of fused-ring (bicyclic) bond motifs is 1. The lowest BCUT2D eigenvalue weighted by Crippen LogP contribution is -2.52. The van der Waals surface area contributed by atoms with E-state index in [0.29, 0.717) is 11.4 Å². The number of sulfonamides is 1. The quantitative estimate of drug-likeness (QED) is 0.489. The summed E-state index contributed by atoms with van der Waals surface area (Å²) >= 11 is 12.4. The van der Waals surface area contributed by atoms with Gasteiger partial charge in [-0.1, -0.05) is 62.2 Å². The van der Waals surface area contributed by atoms with Gasteiger partial charge in [0.2, 0.25) is 15.9 Å². The lowest BCUT2D eigenvalue weighted by molar-refractivity contribution is -0.123. The molecule has 0 unspecified atom stereocenters. The van der Waals surface area contributed by atoms with Gasteiger partial charge in [0.05, 0.1) is 23.0 Å². The minimum atomic E-state index is -3.84. The molecule has 1 N–H and O–H groups in total. The minimum Gasteiger partial charge on any atom is -0.487 e. The normalized spacial score (nSPS) is 18.1. The third kappa shape index (κ3) is 5.42. The van der Waals surface area contributed by atoms with Crippen molar-refractivity contribution in [1.82, 2.24) is 5.32 Å². The van der Waals surface area contributed by atoms with Gasteiger partial charge in [-0.3, -0.25) is 9.10 Å². The molecule has 3 rings (SSSR count). The van der Waals surface area contributed by atoms with Crippen LogP contribution in [-0.4, -0.2) is 32.2 Å². The van der Waals surface area contributed by atoms with E-state index >= 15 is 0 Å². The number of carbonyl (C=O) groups is 1. The van der Waals surface area contributed by atoms with E-state index in [9.17, 15) is 13.2 Å². The summed E-state index contributed by atoms with van der Waals surface area (Å²) in [5.41, 5.74) is 0.656. The van der Waals surface area contributed by atoms with Crippen molar-refractivity contribution in [3.63, 3.8) is 0 Å². The Hall–Kier alpha value is -1.96. The number of nitrogens with one attached hydrogen (secondary N) is 1. The van der Waals surface area contributed by atoms with Gasteiger partial charge < -0.3 is 10.1 Å². The van der Waals surface area contributed by atoms with E-state index in [4.69, 9.17) is 27.9 Å². The molecule has 0 radical (unpaired) electrons. The van der Waals surface area contributed by atoms with Crippen molar-refractivity contribution in [2.24, 2.45) is 0 Å². The van der Waals surface area contributed by atoms with Crippen molar-refractivity contribution in [1.29, 1.82) is 0 Å². The van der Waals surface area contributed by atoms with Crippen LogP contribution < -0.4 is 14.4 Å². The van der Waals surface area contributed by atoms with Crippen molar-refractivity contribution in [3.05, 3.63) is 58.1 Å². The van der Waals surface area contributed by atoms with Gasteiger partial charge in [-0.05, 0) is 43.5 Å². The van der Waals surface area contributed by atoms with Crippen molar-refractivity contribution in [2.75, 3.05) is 10.6 Å². The van der Waals surface area contributed by atoms with Gasteiger partial charge in [0, 0.05) is 17.0 Å². The average Bonchev–Trinajstić information content (AvgIpc) is 2.78. The number of nitrogens with zero attached hydrogens (tertiary/aromatic N) is 1. The summed E-state index contributed by atoms with van der Waals surface area (Å²) in [6, 6.07) is 10.9. The number of hydrogen-bond donors (Lipinski definition) is 1. The van der Waals surface area contributed by atoms with E-state index in [1.807, 2.05) is 24.3 Å². The van der Waals surface area contributed by atoms with Crippen molar-refractivity contribution in [3.8, 4) is 5.75 Å². The summed E-state index contributed by atoms with van der Waals surface area (Å²) in [4.78, 5) is 13.6. The summed E-state index contributed by atoms with van der Waals surface area (Å²) in [6.45, 7) is 5.90. The second kappa shape index (κ2) is 10.1. The van der Waals surface area contributed by atoms with Crippen LogP contribution in [0.15, 0.2) is 42.5 Å². The SMILES string of the molecule is CC[C@H](C(=O)N[C@@H]1CC(CC)(CC)Oc2ccccc21)N(c1cc(Cl)ccc1Cl)S(C)(=O)=O. The average molecular weight is 513 g/mol. The number of hydrogen-bond acceptors (Lipinski definition) is 4. The standard InChI is InChI=1S/C24H30Cl2N2O4S/c1-5-20(28(33(4,30)31)21-14-16(25)12-13-18(21)26)23(29)27-19-15-24(6-2,7-3)32-22-11-9-8-10-17(19)22/h8-14,19-20H,5-7,15H2,1-4H3,(H,27,29)/t19-,20-/m1/s1. The summed E-state index contributed by atoms with van der Waals surface area (Å²) in [6.07, 6.45) is 3.47. The molecule has 2 aromatic rings. The van der Waals surface area contributed by atoms with Crippen LogP contribution in [0.3, 0.4) is 0 Å². The van der Waals surface area contributed by atoms with Crippen LogP contribution in [0.5, 0.6) is 5.75 Å². The van der Waals surface area contributed by atoms with Crippen LogP contribution in [0.2, 0.25) is 10.0 Å². The van der Waals surface area contributed by atoms with Crippen molar-refractivity contribution < 1.29 is 17.9 Å². The predicted octanol–water partition coefficient (Wildman–Crippen LogP) is 5.74. The van der Waals surface area contributed by atoms with E-state index < -0.39 is 27.6 Å². The molecule has 0 spiro atoms. The van der Waals surface area contributed by atoms with Gasteiger partial charge in [-0.15, -0.1) is 0 Å². The molecular weight excluding hydrogens is 483 g/mol. The maximum atomic E-state index is 13.6. The van der Waals surface area contributed by atoms with Gasteiger partial charge in [0.15, 0.2) is 0 Å². The molecule has 0 aliphatic carbocycles. The minimum absolute atomic E-state index is 0.178. The summed E-state index contributed by atoms with van der Waals surface area (Å²) in [7, 11) is -3.84. The fourth-order valence-corrected chi connectivity index (χ4v) is 6.03. The monoisotopic (exact) mass is 512 g/mol. The number of anilines is 1. The first kappa shape index (κ1) is 25.7. The highest BCUT2D eigenvalue weighted by molar-refractivity contribution is 7.92. The molecule has 0 saturated carbocycles. The molecule has 0 fully saturated rings. The Kier molecular flexibility index (Phi) is 7.87. The van der Waals surface area contributed by atoms with Gasteiger partial charge >= 0.3 is 0 Å². The number of benzene rings is 2. The first-order valence-corrected chi connectivity index (χ1v) is 13.7. The lowest BCUT2D eigenvalue weighted by Gasteiger charge is -2.42. The highest BCUT2D eigenvalue weighted by Gasteiger charge is 2.41. The lowest BCUT2D eigenvalue weighted by atomic mass is 9.83. The Bertz CT molecular complexity index is 1120. The van der Waals surface area contributed by atoms with Gasteiger partial charge in [-0.2, -0.15) is 0 Å². The number of rotatable bonds is 8. The van der Waals surface area contributed by atoms with Crippen LogP contribution >= 0.6 is 23.2 Å². The first-order valence-electron chi connectivity index (χ1n) is 11.1. The van der Waals surface area contributed by atoms with Gasteiger partial charge in [0.1, 0.15) is 17.4 Å². The molecule has 0 bridgehead atoms. The fourth-order valence-electron chi connectivity index (χ4n) is 4.39. The Labute approximate surface area is 206 Å². The Morgan fingerprint density at radius 1 is 1.18 bits per heavy atom. The molecular formula is C24H30Cl2N2O4S. The zero-order chi connectivity index (χ0) is 24.4. The zero-order valence-corrected chi connectivity index (χ0v) is 21.6. The molecule has 9 heteroatoms. The number of ether oxygens (including phenoxy) is 1. The molecule has 180 valence electrons. The second-order valence-corrected chi connectivity index (χ2v) is 11.1. The van der Waals surface area contributed by atoms with Crippen LogP contribution in [-0.2, 0) is 14.8 Å². The zero-order valence-electron chi connectivity index (χ0n) is 19.3. The van der Waals surface area contributed by atoms with E-state index in [1.165, 1.54) is 12.1 Å². The Balaban J connectivity index is 1.99. The highest BCUT2D eigenvalue weighted by Crippen LogP contribution is 2.43. The van der Waals surface area contributed by atoms with Gasteiger partial charge in [-0.25, -0.2) is 8.42 Å². The molecule has 1 aliphatic heterocycles. The maximum Gasteiger partial charge on any atom is 0.244 e. The molecule has 1 amide bonds. The predicted molar refractivity (Wildman–Crippen MR) is 134 cm³/mol. The maximum absolute atomic E-state index is 13.6. The molecule has 2 atom stereocenters. The largest absolute Gasteiger partial charge is 0.487 e. The van der Waals surface area contributed by atoms with E-state index in [0.717, 1.165) is 34.7 Å². The van der Waals surface area contributed by atoms with E-state index in [1.54, 1.807) is 13.0 Å². The van der Waals surface area contributed by atoms with E-state index in [-0.39, 0.29) is 23.2 Å². The summed E-state index contributed by atoms with van der Waals surface area (Å²) in [5.74, 6) is 0.338. The number of amides is 1. The molecule has 1 aliphatic rings. The summed E-state index contributed by atoms with van der Waals surface area (Å²) < 4.78 is 33.0. The first-order chi connectivity index (χ1) is 15.5. The van der Waals surface area contributed by atoms with Crippen molar-refractivity contribution in [2.45, 2.75) is 64.1 Å². The summed E-state index contributed by atoms with van der Waals surface area (Å²) in [5, 5.41) is 3.63. The van der Waals surface area contributed by atoms with Crippen LogP contribution in [0.25, 0.3) is 0 Å². The number of para-hydroxylation sites is 1. The number of carbonyl (C=O) groups excluding carboxylic acids is 1. The van der Waals surface area contributed by atoms with Crippen LogP contribution in [0.4, 0.5) is 5.69 Å². The Morgan fingerprint density at radius 2 is 1.85 bits per heavy atom. The molecule has 0 saturated heterocycles. The van der Waals surface area contributed by atoms with Crippen LogP contribution in [0, 0.1) is 0 Å². The van der Waals surface area contributed by atoms with Crippen molar-refractivity contribution >= 4 is 44.8 Å². The smallest absolute Gasteiger partial charge is 0.244 e. The third-order valence-electron chi connectivity index (χ3n) is 6.28. The molecule has 6 nitrogen and oxygen atoms in total. The van der Waals surface area contributed by atoms with E-state index in [2.05, 4.69) is 19.2 Å². The van der Waals surface area contributed by atoms with Gasteiger partial charge in [0.25, 0.3) is 0 Å². The second-order valence-electron chi connectivity index (χ2n) is 8.37. The molecule has 33 heavy (non-hydrogen) atoms.